The van der Waals surface area contributed by atoms with Gasteiger partial charge in [0.1, 0.15) is 12.4 Å². The monoisotopic (exact) mass is 300 g/mol. The van der Waals surface area contributed by atoms with Crippen LogP contribution < -0.4 is 11.1 Å². The van der Waals surface area contributed by atoms with Crippen molar-refractivity contribution >= 4 is 17.3 Å². The molecule has 0 atom stereocenters. The van der Waals surface area contributed by atoms with Gasteiger partial charge in [-0.15, -0.1) is 0 Å². The van der Waals surface area contributed by atoms with Crippen LogP contribution >= 0.6 is 0 Å². The van der Waals surface area contributed by atoms with Gasteiger partial charge in [-0.1, -0.05) is 0 Å². The van der Waals surface area contributed by atoms with Gasteiger partial charge in [0.25, 0.3) is 0 Å². The highest BCUT2D eigenvalue weighted by atomic mass is 19.1. The van der Waals surface area contributed by atoms with E-state index >= 15 is 0 Å². The molecular formula is C14H21FN2O4. The average molecular weight is 300 g/mol. The number of hydrogen-bond donors (Lipinski definition) is 2. The van der Waals surface area contributed by atoms with Gasteiger partial charge in [0.2, 0.25) is 5.91 Å². The van der Waals surface area contributed by atoms with Crippen LogP contribution in [0.3, 0.4) is 0 Å². The molecule has 0 aliphatic rings. The lowest BCUT2D eigenvalue weighted by atomic mass is 10.2. The fraction of sp³-hybridized carbons (Fsp3) is 0.500. The molecule has 0 fully saturated rings. The Kier molecular flexibility index (Phi) is 8.34. The van der Waals surface area contributed by atoms with Gasteiger partial charge in [0, 0.05) is 26.0 Å². The van der Waals surface area contributed by atoms with Crippen molar-refractivity contribution < 1.29 is 23.4 Å². The molecule has 21 heavy (non-hydrogen) atoms. The highest BCUT2D eigenvalue weighted by Gasteiger charge is 2.04. The number of benzene rings is 1. The molecule has 0 radical (unpaired) electrons. The molecule has 3 N–H and O–H groups in total. The van der Waals surface area contributed by atoms with Crippen molar-refractivity contribution in [1.82, 2.24) is 0 Å². The van der Waals surface area contributed by atoms with Crippen molar-refractivity contribution in [2.45, 2.75) is 6.42 Å². The van der Waals surface area contributed by atoms with Gasteiger partial charge < -0.3 is 25.3 Å². The first-order valence-electron chi connectivity index (χ1n) is 6.62. The van der Waals surface area contributed by atoms with Gasteiger partial charge >= 0.3 is 0 Å². The maximum Gasteiger partial charge on any atom is 0.250 e. The molecule has 118 valence electrons. The molecule has 0 unspecified atom stereocenters. The summed E-state index contributed by atoms with van der Waals surface area (Å²) in [5, 5.41) is 2.57. The molecule has 6 nitrogen and oxygen atoms in total. The van der Waals surface area contributed by atoms with Gasteiger partial charge in [0.05, 0.1) is 18.9 Å². The number of amides is 1. The molecule has 1 rings (SSSR count). The van der Waals surface area contributed by atoms with E-state index in [-0.39, 0.29) is 18.2 Å². The zero-order valence-corrected chi connectivity index (χ0v) is 12.1. The molecule has 0 saturated carbocycles. The van der Waals surface area contributed by atoms with E-state index in [1.165, 1.54) is 18.2 Å². The number of carbonyl (C=O) groups excluding carboxylic acids is 1. The summed E-state index contributed by atoms with van der Waals surface area (Å²) in [6.07, 6.45) is 0.695. The lowest BCUT2D eigenvalue weighted by Gasteiger charge is -2.07. The molecule has 0 heterocycles. The van der Waals surface area contributed by atoms with Crippen LogP contribution in [0.25, 0.3) is 0 Å². The van der Waals surface area contributed by atoms with Crippen molar-refractivity contribution in [2.75, 3.05) is 51.2 Å². The second-order valence-corrected chi connectivity index (χ2v) is 4.30. The number of nitrogen functional groups attached to an aromatic ring is 1. The van der Waals surface area contributed by atoms with Crippen LogP contribution in [-0.2, 0) is 19.0 Å². The Morgan fingerprint density at radius 2 is 2.00 bits per heavy atom. The number of nitrogens with two attached hydrogens (primary N) is 1. The number of halogens is 1. The number of rotatable bonds is 10. The van der Waals surface area contributed by atoms with Crippen LogP contribution in [0.4, 0.5) is 15.8 Å². The van der Waals surface area contributed by atoms with Crippen molar-refractivity contribution in [2.24, 2.45) is 0 Å². The normalized spacial score (nSPS) is 10.6. The minimum absolute atomic E-state index is 0.0121. The smallest absolute Gasteiger partial charge is 0.250 e. The zero-order chi connectivity index (χ0) is 15.5. The maximum atomic E-state index is 13.0. The average Bonchev–Trinajstić information content (AvgIpc) is 2.46. The Labute approximate surface area is 123 Å². The van der Waals surface area contributed by atoms with E-state index in [2.05, 4.69) is 5.32 Å². The van der Waals surface area contributed by atoms with Crippen LogP contribution in [0.1, 0.15) is 6.42 Å². The minimum Gasteiger partial charge on any atom is -0.396 e. The fourth-order valence-corrected chi connectivity index (χ4v) is 1.49. The predicted octanol–water partition coefficient (Wildman–Crippen LogP) is 1.42. The Bertz CT molecular complexity index is 443. The van der Waals surface area contributed by atoms with Crippen molar-refractivity contribution in [3.8, 4) is 0 Å². The standard InChI is InChI=1S/C14H21FN2O4/c1-19-7-8-20-5-2-6-21-10-14(18)17-11-3-4-12(15)13(16)9-11/h3-4,9H,2,5-8,10,16H2,1H3,(H,17,18). The van der Waals surface area contributed by atoms with E-state index in [0.717, 1.165) is 0 Å². The van der Waals surface area contributed by atoms with E-state index in [9.17, 15) is 9.18 Å². The van der Waals surface area contributed by atoms with Gasteiger partial charge in [-0.25, -0.2) is 4.39 Å². The van der Waals surface area contributed by atoms with Crippen molar-refractivity contribution in [1.29, 1.82) is 0 Å². The predicted molar refractivity (Wildman–Crippen MR) is 77.6 cm³/mol. The molecule has 0 aliphatic heterocycles. The molecule has 1 aromatic carbocycles. The van der Waals surface area contributed by atoms with E-state index in [0.29, 0.717) is 38.5 Å². The Morgan fingerprint density at radius 1 is 1.24 bits per heavy atom. The second-order valence-electron chi connectivity index (χ2n) is 4.30. The van der Waals surface area contributed by atoms with Gasteiger partial charge in [-0.3, -0.25) is 4.79 Å². The first-order valence-corrected chi connectivity index (χ1v) is 6.62. The molecule has 0 bridgehead atoms. The molecule has 0 saturated heterocycles. The molecule has 0 aromatic heterocycles. The Hall–Kier alpha value is -1.70. The third-order valence-electron chi connectivity index (χ3n) is 2.52. The molecule has 1 aromatic rings. The lowest BCUT2D eigenvalue weighted by molar-refractivity contribution is -0.120. The number of hydrogen-bond acceptors (Lipinski definition) is 5. The SMILES string of the molecule is COCCOCCCOCC(=O)Nc1ccc(F)c(N)c1. The Balaban J connectivity index is 2.10. The summed E-state index contributed by atoms with van der Waals surface area (Å²) in [6, 6.07) is 3.99. The molecule has 0 aliphatic carbocycles. The zero-order valence-electron chi connectivity index (χ0n) is 12.1. The first-order chi connectivity index (χ1) is 10.1. The first kappa shape index (κ1) is 17.4. The van der Waals surface area contributed by atoms with E-state index in [1.54, 1.807) is 7.11 Å². The summed E-state index contributed by atoms with van der Waals surface area (Å²) < 4.78 is 28.2. The summed E-state index contributed by atoms with van der Waals surface area (Å²) in [4.78, 5) is 11.6. The van der Waals surface area contributed by atoms with Gasteiger partial charge in [-0.2, -0.15) is 0 Å². The summed E-state index contributed by atoms with van der Waals surface area (Å²) in [7, 11) is 1.61. The van der Waals surface area contributed by atoms with Crippen LogP contribution in [0.15, 0.2) is 18.2 Å². The minimum atomic E-state index is -0.516. The topological polar surface area (TPSA) is 82.8 Å². The third kappa shape index (κ3) is 7.60. The van der Waals surface area contributed by atoms with Crippen LogP contribution in [0.2, 0.25) is 0 Å². The molecule has 7 heteroatoms. The molecule has 1 amide bonds. The highest BCUT2D eigenvalue weighted by Crippen LogP contribution is 2.16. The molecular weight excluding hydrogens is 279 g/mol. The van der Waals surface area contributed by atoms with Gasteiger partial charge in [-0.05, 0) is 24.6 Å². The maximum absolute atomic E-state index is 13.0. The number of nitrogens with one attached hydrogen (secondary N) is 1. The summed E-state index contributed by atoms with van der Waals surface area (Å²) in [6.45, 7) is 2.01. The van der Waals surface area contributed by atoms with E-state index in [1.807, 2.05) is 0 Å². The quantitative estimate of drug-likeness (QED) is 0.504. The largest absolute Gasteiger partial charge is 0.396 e. The lowest BCUT2D eigenvalue weighted by Crippen LogP contribution is -2.19. The fourth-order valence-electron chi connectivity index (χ4n) is 1.49. The van der Waals surface area contributed by atoms with Crippen LogP contribution in [0, 0.1) is 5.82 Å². The number of methoxy groups -OCH3 is 1. The van der Waals surface area contributed by atoms with Crippen LogP contribution in [-0.4, -0.2) is 46.1 Å². The Morgan fingerprint density at radius 3 is 2.71 bits per heavy atom. The van der Waals surface area contributed by atoms with Crippen LogP contribution in [0.5, 0.6) is 0 Å². The molecule has 0 spiro atoms. The van der Waals surface area contributed by atoms with E-state index in [4.69, 9.17) is 19.9 Å². The second kappa shape index (κ2) is 10.1. The number of anilines is 2. The van der Waals surface area contributed by atoms with E-state index < -0.39 is 5.82 Å². The third-order valence-corrected chi connectivity index (χ3v) is 2.52. The van der Waals surface area contributed by atoms with Crippen molar-refractivity contribution in [3.05, 3.63) is 24.0 Å². The van der Waals surface area contributed by atoms with Crippen molar-refractivity contribution in [3.63, 3.8) is 0 Å². The number of ether oxygens (including phenoxy) is 3. The number of carbonyl (C=O) groups is 1. The summed E-state index contributed by atoms with van der Waals surface area (Å²) >= 11 is 0. The summed E-state index contributed by atoms with van der Waals surface area (Å²) in [5.41, 5.74) is 5.83. The summed E-state index contributed by atoms with van der Waals surface area (Å²) in [5.74, 6) is -0.834. The van der Waals surface area contributed by atoms with Gasteiger partial charge in [0.15, 0.2) is 0 Å². The highest BCUT2D eigenvalue weighted by molar-refractivity contribution is 5.92.